The van der Waals surface area contributed by atoms with Crippen LogP contribution >= 0.6 is 0 Å². The summed E-state index contributed by atoms with van der Waals surface area (Å²) < 4.78 is 4.79. The van der Waals surface area contributed by atoms with E-state index in [4.69, 9.17) is 4.74 Å². The van der Waals surface area contributed by atoms with E-state index in [1.54, 1.807) is 0 Å². The van der Waals surface area contributed by atoms with Gasteiger partial charge < -0.3 is 4.74 Å². The van der Waals surface area contributed by atoms with E-state index in [0.29, 0.717) is 0 Å². The first-order valence-electron chi connectivity index (χ1n) is 5.10. The van der Waals surface area contributed by atoms with Crippen LogP contribution in [0.4, 0.5) is 0 Å². The molecular weight excluding hydrogens is 178 g/mol. The molecule has 0 aromatic carbocycles. The lowest BCUT2D eigenvalue weighted by atomic mass is 9.92. The highest BCUT2D eigenvalue weighted by Crippen LogP contribution is 2.42. The number of esters is 1. The second-order valence-electron chi connectivity index (χ2n) is 4.52. The summed E-state index contributed by atoms with van der Waals surface area (Å²) in [4.78, 5) is 13.8. The van der Waals surface area contributed by atoms with Gasteiger partial charge in [-0.1, -0.05) is 6.08 Å². The Kier molecular flexibility index (Phi) is 2.14. The van der Waals surface area contributed by atoms with Gasteiger partial charge in [0, 0.05) is 11.6 Å². The van der Waals surface area contributed by atoms with E-state index < -0.39 is 0 Å². The second kappa shape index (κ2) is 3.09. The summed E-state index contributed by atoms with van der Waals surface area (Å²) in [6.45, 7) is 2.26. The van der Waals surface area contributed by atoms with Crippen molar-refractivity contribution in [3.63, 3.8) is 0 Å². The van der Waals surface area contributed by atoms with Crippen molar-refractivity contribution >= 4 is 5.97 Å². The zero-order valence-corrected chi connectivity index (χ0v) is 9.04. The topological polar surface area (TPSA) is 29.5 Å². The minimum atomic E-state index is -0.161. The SMILES string of the molecule is COC(=O)C1=CC[C@]2(C)CC[C@H]1N2C. The van der Waals surface area contributed by atoms with E-state index in [9.17, 15) is 4.79 Å². The highest BCUT2D eigenvalue weighted by molar-refractivity contribution is 5.90. The maximum atomic E-state index is 11.5. The van der Waals surface area contributed by atoms with Crippen molar-refractivity contribution in [3.8, 4) is 0 Å². The van der Waals surface area contributed by atoms with Crippen LogP contribution < -0.4 is 0 Å². The monoisotopic (exact) mass is 195 g/mol. The number of hydrogen-bond acceptors (Lipinski definition) is 3. The standard InChI is InChI=1S/C11H17NO2/c1-11-6-4-8(10(13)14-3)9(5-7-11)12(11)2/h4,9H,5-7H2,1-3H3/t9-,11-/m1/s1. The summed E-state index contributed by atoms with van der Waals surface area (Å²) in [5.74, 6) is -0.161. The molecule has 0 saturated carbocycles. The molecule has 2 rings (SSSR count). The summed E-state index contributed by atoms with van der Waals surface area (Å²) in [6, 6.07) is 0.279. The van der Waals surface area contributed by atoms with E-state index in [-0.39, 0.29) is 17.6 Å². The van der Waals surface area contributed by atoms with Crippen LogP contribution in [0, 0.1) is 0 Å². The number of fused-ring (bicyclic) bond motifs is 2. The molecule has 1 saturated heterocycles. The van der Waals surface area contributed by atoms with Crippen molar-refractivity contribution in [2.45, 2.75) is 37.8 Å². The molecular formula is C11H17NO2. The minimum Gasteiger partial charge on any atom is -0.466 e. The average molecular weight is 195 g/mol. The molecule has 3 heteroatoms. The Morgan fingerprint density at radius 3 is 3.07 bits per heavy atom. The number of methoxy groups -OCH3 is 1. The van der Waals surface area contributed by atoms with Crippen molar-refractivity contribution in [3.05, 3.63) is 11.6 Å². The van der Waals surface area contributed by atoms with E-state index in [0.717, 1.165) is 18.4 Å². The number of likely N-dealkylation sites (N-methyl/N-ethyl adjacent to an activating group) is 1. The molecule has 78 valence electrons. The normalized spacial score (nSPS) is 36.8. The van der Waals surface area contributed by atoms with Crippen LogP contribution in [0.2, 0.25) is 0 Å². The molecule has 0 aromatic rings. The fourth-order valence-electron chi connectivity index (χ4n) is 2.61. The summed E-state index contributed by atoms with van der Waals surface area (Å²) in [5, 5.41) is 0. The molecule has 0 unspecified atom stereocenters. The van der Waals surface area contributed by atoms with E-state index in [1.807, 2.05) is 0 Å². The molecule has 1 fully saturated rings. The Labute approximate surface area is 84.7 Å². The molecule has 2 heterocycles. The lowest BCUT2D eigenvalue weighted by Crippen LogP contribution is -2.46. The number of carbonyl (C=O) groups excluding carboxylic acids is 1. The van der Waals surface area contributed by atoms with Crippen LogP contribution in [0.3, 0.4) is 0 Å². The van der Waals surface area contributed by atoms with Crippen LogP contribution in [0.15, 0.2) is 11.6 Å². The Morgan fingerprint density at radius 2 is 2.43 bits per heavy atom. The van der Waals surface area contributed by atoms with Gasteiger partial charge in [0.15, 0.2) is 0 Å². The zero-order valence-electron chi connectivity index (χ0n) is 9.04. The largest absolute Gasteiger partial charge is 0.466 e. The predicted molar refractivity (Wildman–Crippen MR) is 53.9 cm³/mol. The van der Waals surface area contributed by atoms with Gasteiger partial charge in [-0.05, 0) is 33.2 Å². The maximum absolute atomic E-state index is 11.5. The van der Waals surface area contributed by atoms with Gasteiger partial charge in [0.25, 0.3) is 0 Å². The Morgan fingerprint density at radius 1 is 1.71 bits per heavy atom. The first-order chi connectivity index (χ1) is 6.58. The van der Waals surface area contributed by atoms with Gasteiger partial charge in [0.05, 0.1) is 12.7 Å². The van der Waals surface area contributed by atoms with Crippen LogP contribution in [0.1, 0.15) is 26.2 Å². The van der Waals surface area contributed by atoms with Gasteiger partial charge in [0.2, 0.25) is 0 Å². The molecule has 0 aliphatic carbocycles. The smallest absolute Gasteiger partial charge is 0.335 e. The molecule has 2 atom stereocenters. The van der Waals surface area contributed by atoms with E-state index in [2.05, 4.69) is 24.9 Å². The Hall–Kier alpha value is -0.830. The average Bonchev–Trinajstić information content (AvgIpc) is 2.39. The van der Waals surface area contributed by atoms with Crippen molar-refractivity contribution in [2.75, 3.05) is 14.2 Å². The van der Waals surface area contributed by atoms with Crippen molar-refractivity contribution in [2.24, 2.45) is 0 Å². The first kappa shape index (κ1) is 9.71. The third-order valence-corrected chi connectivity index (χ3v) is 3.82. The maximum Gasteiger partial charge on any atom is 0.335 e. The lowest BCUT2D eigenvalue weighted by molar-refractivity contribution is -0.137. The molecule has 2 aliphatic heterocycles. The van der Waals surface area contributed by atoms with Crippen molar-refractivity contribution < 1.29 is 9.53 Å². The summed E-state index contributed by atoms with van der Waals surface area (Å²) in [6.07, 6.45) is 5.27. The summed E-state index contributed by atoms with van der Waals surface area (Å²) in [7, 11) is 3.56. The molecule has 14 heavy (non-hydrogen) atoms. The van der Waals surface area contributed by atoms with Gasteiger partial charge >= 0.3 is 5.97 Å². The van der Waals surface area contributed by atoms with Crippen LogP contribution in [0.5, 0.6) is 0 Å². The Balaban J connectivity index is 2.28. The number of hydrogen-bond donors (Lipinski definition) is 0. The molecule has 2 aliphatic rings. The van der Waals surface area contributed by atoms with Crippen molar-refractivity contribution in [1.29, 1.82) is 0 Å². The zero-order chi connectivity index (χ0) is 10.3. The molecule has 3 nitrogen and oxygen atoms in total. The first-order valence-corrected chi connectivity index (χ1v) is 5.10. The third kappa shape index (κ3) is 1.19. The third-order valence-electron chi connectivity index (χ3n) is 3.82. The molecule has 0 N–H and O–H groups in total. The molecule has 0 spiro atoms. The Bertz CT molecular complexity index is 298. The molecule has 2 bridgehead atoms. The summed E-state index contributed by atoms with van der Waals surface area (Å²) in [5.41, 5.74) is 1.12. The highest BCUT2D eigenvalue weighted by atomic mass is 16.5. The number of carbonyl (C=O) groups is 1. The van der Waals surface area contributed by atoms with Gasteiger partial charge in [-0.15, -0.1) is 0 Å². The van der Waals surface area contributed by atoms with Crippen LogP contribution in [-0.2, 0) is 9.53 Å². The van der Waals surface area contributed by atoms with Gasteiger partial charge in [-0.25, -0.2) is 4.79 Å². The number of ether oxygens (including phenoxy) is 1. The van der Waals surface area contributed by atoms with E-state index in [1.165, 1.54) is 13.5 Å². The fourth-order valence-corrected chi connectivity index (χ4v) is 2.61. The minimum absolute atomic E-state index is 0.161. The van der Waals surface area contributed by atoms with Gasteiger partial charge in [-0.3, -0.25) is 4.90 Å². The second-order valence-corrected chi connectivity index (χ2v) is 4.52. The van der Waals surface area contributed by atoms with Gasteiger partial charge in [-0.2, -0.15) is 0 Å². The quantitative estimate of drug-likeness (QED) is 0.591. The molecule has 0 radical (unpaired) electrons. The number of nitrogens with zero attached hydrogens (tertiary/aromatic N) is 1. The summed E-state index contributed by atoms with van der Waals surface area (Å²) >= 11 is 0. The molecule has 0 aromatic heterocycles. The van der Waals surface area contributed by atoms with Gasteiger partial charge in [0.1, 0.15) is 0 Å². The van der Waals surface area contributed by atoms with E-state index >= 15 is 0 Å². The lowest BCUT2D eigenvalue weighted by Gasteiger charge is -2.38. The van der Waals surface area contributed by atoms with Crippen LogP contribution in [0.25, 0.3) is 0 Å². The van der Waals surface area contributed by atoms with Crippen molar-refractivity contribution in [1.82, 2.24) is 4.90 Å². The fraction of sp³-hybridized carbons (Fsp3) is 0.727. The number of rotatable bonds is 1. The molecule has 0 amide bonds. The predicted octanol–water partition coefficient (Wildman–Crippen LogP) is 1.34. The highest BCUT2D eigenvalue weighted by Gasteiger charge is 2.45. The van der Waals surface area contributed by atoms with Crippen LogP contribution in [-0.4, -0.2) is 36.6 Å².